The van der Waals surface area contributed by atoms with E-state index in [2.05, 4.69) is 15.8 Å². The number of hydrogen-bond donors (Lipinski definition) is 2. The molecule has 0 aromatic rings. The molecular formula is C2H5NO4. The van der Waals surface area contributed by atoms with Crippen molar-refractivity contribution >= 4 is 5.97 Å². The Balaban J connectivity index is 3.00. The van der Waals surface area contributed by atoms with Gasteiger partial charge in [0, 0.05) is 0 Å². The van der Waals surface area contributed by atoms with Crippen molar-refractivity contribution in [1.29, 1.82) is 0 Å². The van der Waals surface area contributed by atoms with Crippen LogP contribution >= 0.6 is 0 Å². The molecule has 0 aromatic carbocycles. The smallest absolute Gasteiger partial charge is 0.369 e. The quantitative estimate of drug-likeness (QED) is 0.325. The fourth-order valence-electron chi connectivity index (χ4n) is 0.0800. The Bertz CT molecular complexity index is 62.7. The van der Waals surface area contributed by atoms with Crippen LogP contribution in [-0.2, 0) is 14.7 Å². The molecule has 0 bridgehead atoms. The standard InChI is InChI=1S/C2H5NO4/c3-7-6-2(5)1-4/h4H,1,3H2. The molecule has 0 aromatic heterocycles. The van der Waals surface area contributed by atoms with Crippen molar-refractivity contribution < 1.29 is 19.8 Å². The van der Waals surface area contributed by atoms with Gasteiger partial charge in [0.2, 0.25) is 0 Å². The Morgan fingerprint density at radius 1 is 1.86 bits per heavy atom. The molecule has 7 heavy (non-hydrogen) atoms. The van der Waals surface area contributed by atoms with Crippen LogP contribution in [0, 0.1) is 0 Å². The van der Waals surface area contributed by atoms with E-state index in [9.17, 15) is 4.79 Å². The van der Waals surface area contributed by atoms with Gasteiger partial charge in [-0.3, -0.25) is 4.89 Å². The Morgan fingerprint density at radius 3 is 2.57 bits per heavy atom. The van der Waals surface area contributed by atoms with E-state index >= 15 is 0 Å². The SMILES string of the molecule is NOOC(=O)CO. The lowest BCUT2D eigenvalue weighted by Gasteiger charge is -1.90. The molecule has 5 heteroatoms. The topological polar surface area (TPSA) is 81.8 Å². The third-order valence-electron chi connectivity index (χ3n) is 0.270. The minimum atomic E-state index is -0.914. The van der Waals surface area contributed by atoms with Gasteiger partial charge in [-0.2, -0.15) is 5.90 Å². The normalized spacial score (nSPS) is 8.29. The molecule has 0 aliphatic carbocycles. The molecule has 0 fully saturated rings. The molecule has 0 heterocycles. The highest BCUT2D eigenvalue weighted by molar-refractivity contribution is 5.69. The van der Waals surface area contributed by atoms with Gasteiger partial charge in [-0.25, -0.2) is 4.79 Å². The lowest BCUT2D eigenvalue weighted by Crippen LogP contribution is -2.12. The van der Waals surface area contributed by atoms with Gasteiger partial charge in [0.05, 0.1) is 0 Å². The summed E-state index contributed by atoms with van der Waals surface area (Å²) in [5.74, 6) is 3.34. The maximum absolute atomic E-state index is 9.73. The molecular weight excluding hydrogens is 102 g/mol. The van der Waals surface area contributed by atoms with E-state index in [0.29, 0.717) is 0 Å². The fourth-order valence-corrected chi connectivity index (χ4v) is 0.0800. The van der Waals surface area contributed by atoms with E-state index in [-0.39, 0.29) is 0 Å². The summed E-state index contributed by atoms with van der Waals surface area (Å²) >= 11 is 0. The summed E-state index contributed by atoms with van der Waals surface area (Å²) in [6, 6.07) is 0. The second-order valence-electron chi connectivity index (χ2n) is 0.710. The van der Waals surface area contributed by atoms with Crippen LogP contribution in [0.1, 0.15) is 0 Å². The van der Waals surface area contributed by atoms with Crippen LogP contribution < -0.4 is 5.90 Å². The molecule has 0 unspecified atom stereocenters. The molecule has 0 radical (unpaired) electrons. The highest BCUT2D eigenvalue weighted by Crippen LogP contribution is 1.69. The summed E-state index contributed by atoms with van der Waals surface area (Å²) in [4.78, 5) is 16.7. The van der Waals surface area contributed by atoms with Gasteiger partial charge in [-0.05, 0) is 0 Å². The summed E-state index contributed by atoms with van der Waals surface area (Å²) in [7, 11) is 0. The van der Waals surface area contributed by atoms with Crippen molar-refractivity contribution in [3.63, 3.8) is 0 Å². The molecule has 0 saturated carbocycles. The highest BCUT2D eigenvalue weighted by atomic mass is 17.3. The van der Waals surface area contributed by atoms with E-state index in [1.807, 2.05) is 0 Å². The number of hydrogen-bond acceptors (Lipinski definition) is 5. The molecule has 5 nitrogen and oxygen atoms in total. The van der Waals surface area contributed by atoms with E-state index in [0.717, 1.165) is 0 Å². The average molecular weight is 107 g/mol. The van der Waals surface area contributed by atoms with Gasteiger partial charge < -0.3 is 5.11 Å². The Morgan fingerprint density at radius 2 is 2.43 bits per heavy atom. The summed E-state index contributed by atoms with van der Waals surface area (Å²) in [5.41, 5.74) is 0. The number of aliphatic hydroxyl groups excluding tert-OH is 1. The Labute approximate surface area is 39.5 Å². The van der Waals surface area contributed by atoms with Crippen LogP contribution in [0.5, 0.6) is 0 Å². The lowest BCUT2D eigenvalue weighted by molar-refractivity contribution is -0.277. The van der Waals surface area contributed by atoms with Gasteiger partial charge in [0.1, 0.15) is 6.61 Å². The van der Waals surface area contributed by atoms with Crippen LogP contribution in [0.2, 0.25) is 0 Å². The van der Waals surface area contributed by atoms with Crippen LogP contribution in [0.15, 0.2) is 0 Å². The van der Waals surface area contributed by atoms with Crippen molar-refractivity contribution in [2.24, 2.45) is 5.90 Å². The second-order valence-corrected chi connectivity index (χ2v) is 0.710. The van der Waals surface area contributed by atoms with Gasteiger partial charge in [-0.1, -0.05) is 4.99 Å². The van der Waals surface area contributed by atoms with Crippen molar-refractivity contribution in [2.45, 2.75) is 0 Å². The predicted molar refractivity (Wildman–Crippen MR) is 18.5 cm³/mol. The molecule has 0 amide bonds. The van der Waals surface area contributed by atoms with Crippen molar-refractivity contribution in [1.82, 2.24) is 0 Å². The average Bonchev–Trinajstić information content (AvgIpc) is 1.68. The van der Waals surface area contributed by atoms with Crippen LogP contribution in [-0.4, -0.2) is 17.7 Å². The number of carbonyl (C=O) groups is 1. The molecule has 0 saturated heterocycles. The number of aliphatic hydroxyl groups is 1. The largest absolute Gasteiger partial charge is 0.385 e. The first-order valence-corrected chi connectivity index (χ1v) is 1.48. The van der Waals surface area contributed by atoms with Crippen molar-refractivity contribution in [3.8, 4) is 0 Å². The summed E-state index contributed by atoms with van der Waals surface area (Å²) < 4.78 is 0. The van der Waals surface area contributed by atoms with Crippen LogP contribution in [0.3, 0.4) is 0 Å². The van der Waals surface area contributed by atoms with Gasteiger partial charge in [0.15, 0.2) is 0 Å². The molecule has 0 spiro atoms. The van der Waals surface area contributed by atoms with E-state index in [1.54, 1.807) is 0 Å². The van der Waals surface area contributed by atoms with Gasteiger partial charge >= 0.3 is 5.97 Å². The molecule has 0 rings (SSSR count). The minimum absolute atomic E-state index is 0.725. The molecule has 0 aliphatic heterocycles. The molecule has 0 atom stereocenters. The fraction of sp³-hybridized carbons (Fsp3) is 0.500. The molecule has 0 aliphatic rings. The summed E-state index contributed by atoms with van der Waals surface area (Å²) in [5, 5.41) is 7.86. The third-order valence-corrected chi connectivity index (χ3v) is 0.270. The highest BCUT2D eigenvalue weighted by Gasteiger charge is 1.95. The number of carbonyl (C=O) groups excluding carboxylic acids is 1. The zero-order valence-electron chi connectivity index (χ0n) is 3.46. The summed E-state index contributed by atoms with van der Waals surface area (Å²) in [6.45, 7) is -0.725. The third kappa shape index (κ3) is 3.17. The lowest BCUT2D eigenvalue weighted by atomic mass is 10.8. The van der Waals surface area contributed by atoms with E-state index in [1.165, 1.54) is 0 Å². The van der Waals surface area contributed by atoms with Gasteiger partial charge in [0.25, 0.3) is 0 Å². The predicted octanol–water partition coefficient (Wildman–Crippen LogP) is -1.67. The van der Waals surface area contributed by atoms with E-state index < -0.39 is 12.6 Å². The summed E-state index contributed by atoms with van der Waals surface area (Å²) in [6.07, 6.45) is 0. The Kier molecular flexibility index (Phi) is 3.21. The van der Waals surface area contributed by atoms with Crippen LogP contribution in [0.4, 0.5) is 0 Å². The van der Waals surface area contributed by atoms with Gasteiger partial charge in [-0.15, -0.1) is 0 Å². The van der Waals surface area contributed by atoms with Crippen molar-refractivity contribution in [2.75, 3.05) is 6.61 Å². The Hall–Kier alpha value is -0.650. The number of nitrogens with two attached hydrogens (primary N) is 1. The zero-order valence-corrected chi connectivity index (χ0v) is 3.46. The van der Waals surface area contributed by atoms with E-state index in [4.69, 9.17) is 5.11 Å². The number of rotatable bonds is 2. The first-order valence-electron chi connectivity index (χ1n) is 1.48. The molecule has 3 N–H and O–H groups in total. The first kappa shape index (κ1) is 6.35. The van der Waals surface area contributed by atoms with Crippen LogP contribution in [0.25, 0.3) is 0 Å². The maximum Gasteiger partial charge on any atom is 0.369 e. The minimum Gasteiger partial charge on any atom is -0.385 e. The van der Waals surface area contributed by atoms with Crippen molar-refractivity contribution in [3.05, 3.63) is 0 Å². The monoisotopic (exact) mass is 107 g/mol. The zero-order chi connectivity index (χ0) is 5.70. The maximum atomic E-state index is 9.73. The second kappa shape index (κ2) is 3.54. The first-order chi connectivity index (χ1) is 3.31. The molecule has 42 valence electrons.